The number of hydrogen-bond acceptors (Lipinski definition) is 6. The third-order valence-corrected chi connectivity index (χ3v) is 2.48. The van der Waals surface area contributed by atoms with Crippen LogP contribution in [0.5, 0.6) is 11.5 Å². The van der Waals surface area contributed by atoms with Crippen LogP contribution in [0.4, 0.5) is 11.6 Å². The fraction of sp³-hybridized carbons (Fsp3) is 0.231. The predicted molar refractivity (Wildman–Crippen MR) is 70.8 cm³/mol. The molecular weight excluding hydrogens is 246 g/mol. The summed E-state index contributed by atoms with van der Waals surface area (Å²) in [4.78, 5) is 8.22. The number of anilines is 2. The van der Waals surface area contributed by atoms with E-state index in [-0.39, 0.29) is 6.61 Å². The summed E-state index contributed by atoms with van der Waals surface area (Å²) in [7, 11) is 3.17. The zero-order chi connectivity index (χ0) is 13.7. The first-order chi connectivity index (χ1) is 9.25. The van der Waals surface area contributed by atoms with Crippen LogP contribution in [0, 0.1) is 0 Å². The van der Waals surface area contributed by atoms with Crippen LogP contribution < -0.4 is 14.8 Å². The lowest BCUT2D eigenvalue weighted by Gasteiger charge is -2.10. The van der Waals surface area contributed by atoms with E-state index in [1.54, 1.807) is 44.7 Å². The maximum Gasteiger partial charge on any atom is 0.227 e. The molecule has 0 saturated carbocycles. The van der Waals surface area contributed by atoms with Gasteiger partial charge in [0, 0.05) is 30.1 Å². The standard InChI is InChI=1S/C13H15N3O3/c1-18-11-5-10(6-12(7-11)19-2)16-13-14-4-3-9(8-17)15-13/h3-7,17H,8H2,1-2H3,(H,14,15,16). The molecule has 2 aromatic rings. The molecule has 1 heterocycles. The Labute approximate surface area is 111 Å². The number of rotatable bonds is 5. The van der Waals surface area contributed by atoms with Crippen LogP contribution >= 0.6 is 0 Å². The summed E-state index contributed by atoms with van der Waals surface area (Å²) in [6, 6.07) is 7.03. The van der Waals surface area contributed by atoms with Gasteiger partial charge in [-0.1, -0.05) is 0 Å². The molecule has 6 heteroatoms. The van der Waals surface area contributed by atoms with Crippen LogP contribution in [-0.2, 0) is 6.61 Å². The third kappa shape index (κ3) is 3.32. The average molecular weight is 261 g/mol. The minimum Gasteiger partial charge on any atom is -0.497 e. The molecule has 0 bridgehead atoms. The molecule has 0 saturated heterocycles. The SMILES string of the molecule is COc1cc(Nc2nccc(CO)n2)cc(OC)c1. The van der Waals surface area contributed by atoms with Crippen molar-refractivity contribution in [2.75, 3.05) is 19.5 Å². The predicted octanol–water partition coefficient (Wildman–Crippen LogP) is 1.73. The first-order valence-corrected chi connectivity index (χ1v) is 5.68. The van der Waals surface area contributed by atoms with Crippen LogP contribution in [0.25, 0.3) is 0 Å². The molecule has 1 aromatic carbocycles. The zero-order valence-electron chi connectivity index (χ0n) is 10.8. The quantitative estimate of drug-likeness (QED) is 0.853. The number of nitrogens with one attached hydrogen (secondary N) is 1. The molecule has 0 spiro atoms. The monoisotopic (exact) mass is 261 g/mol. The fourth-order valence-corrected chi connectivity index (χ4v) is 1.55. The Morgan fingerprint density at radius 2 is 1.84 bits per heavy atom. The van der Waals surface area contributed by atoms with Crippen molar-refractivity contribution < 1.29 is 14.6 Å². The molecule has 0 aliphatic rings. The van der Waals surface area contributed by atoms with Crippen LogP contribution in [-0.4, -0.2) is 29.3 Å². The smallest absolute Gasteiger partial charge is 0.227 e. The second-order valence-corrected chi connectivity index (χ2v) is 3.76. The molecule has 0 aliphatic heterocycles. The van der Waals surface area contributed by atoms with Crippen LogP contribution in [0.3, 0.4) is 0 Å². The van der Waals surface area contributed by atoms with E-state index in [1.807, 2.05) is 0 Å². The van der Waals surface area contributed by atoms with E-state index in [1.165, 1.54) is 0 Å². The number of hydrogen-bond donors (Lipinski definition) is 2. The number of ether oxygens (including phenoxy) is 2. The molecule has 2 rings (SSSR count). The van der Waals surface area contributed by atoms with Gasteiger partial charge >= 0.3 is 0 Å². The maximum absolute atomic E-state index is 9.03. The van der Waals surface area contributed by atoms with Crippen molar-refractivity contribution in [3.05, 3.63) is 36.2 Å². The van der Waals surface area contributed by atoms with Crippen molar-refractivity contribution >= 4 is 11.6 Å². The van der Waals surface area contributed by atoms with Gasteiger partial charge in [-0.05, 0) is 6.07 Å². The molecular formula is C13H15N3O3. The van der Waals surface area contributed by atoms with E-state index in [9.17, 15) is 0 Å². The van der Waals surface area contributed by atoms with Crippen molar-refractivity contribution in [1.82, 2.24) is 9.97 Å². The number of methoxy groups -OCH3 is 2. The summed E-state index contributed by atoms with van der Waals surface area (Å²) < 4.78 is 10.4. The number of aliphatic hydroxyl groups is 1. The Kier molecular flexibility index (Phi) is 4.15. The zero-order valence-corrected chi connectivity index (χ0v) is 10.8. The Hall–Kier alpha value is -2.34. The average Bonchev–Trinajstić information content (AvgIpc) is 2.47. The fourth-order valence-electron chi connectivity index (χ4n) is 1.55. The highest BCUT2D eigenvalue weighted by Gasteiger charge is 2.04. The summed E-state index contributed by atoms with van der Waals surface area (Å²) in [5.74, 6) is 1.74. The van der Waals surface area contributed by atoms with Crippen molar-refractivity contribution in [1.29, 1.82) is 0 Å². The van der Waals surface area contributed by atoms with Crippen molar-refractivity contribution in [3.8, 4) is 11.5 Å². The highest BCUT2D eigenvalue weighted by Crippen LogP contribution is 2.27. The summed E-state index contributed by atoms with van der Waals surface area (Å²) in [6.45, 7) is -0.126. The van der Waals surface area contributed by atoms with E-state index < -0.39 is 0 Å². The van der Waals surface area contributed by atoms with Crippen LogP contribution in [0.1, 0.15) is 5.69 Å². The van der Waals surface area contributed by atoms with Crippen molar-refractivity contribution in [3.63, 3.8) is 0 Å². The molecule has 0 amide bonds. The first kappa shape index (κ1) is 13.1. The van der Waals surface area contributed by atoms with Crippen molar-refractivity contribution in [2.24, 2.45) is 0 Å². The molecule has 100 valence electrons. The molecule has 0 fully saturated rings. The topological polar surface area (TPSA) is 76.5 Å². The lowest BCUT2D eigenvalue weighted by atomic mass is 10.3. The van der Waals surface area contributed by atoms with Gasteiger partial charge in [-0.3, -0.25) is 0 Å². The molecule has 6 nitrogen and oxygen atoms in total. The highest BCUT2D eigenvalue weighted by atomic mass is 16.5. The highest BCUT2D eigenvalue weighted by molar-refractivity contribution is 5.59. The van der Waals surface area contributed by atoms with Crippen LogP contribution in [0.2, 0.25) is 0 Å². The van der Waals surface area contributed by atoms with Gasteiger partial charge < -0.3 is 19.9 Å². The minimum absolute atomic E-state index is 0.126. The van der Waals surface area contributed by atoms with Gasteiger partial charge in [0.15, 0.2) is 0 Å². The Morgan fingerprint density at radius 1 is 1.16 bits per heavy atom. The second kappa shape index (κ2) is 6.01. The first-order valence-electron chi connectivity index (χ1n) is 5.68. The van der Waals surface area contributed by atoms with Crippen molar-refractivity contribution in [2.45, 2.75) is 6.61 Å². The summed E-state index contributed by atoms with van der Waals surface area (Å²) in [5.41, 5.74) is 1.29. The van der Waals surface area contributed by atoms with E-state index in [2.05, 4.69) is 15.3 Å². The number of nitrogens with zero attached hydrogens (tertiary/aromatic N) is 2. The van der Waals surface area contributed by atoms with E-state index in [0.717, 1.165) is 5.69 Å². The maximum atomic E-state index is 9.03. The van der Waals surface area contributed by atoms with Gasteiger partial charge in [0.2, 0.25) is 5.95 Å². The summed E-state index contributed by atoms with van der Waals surface area (Å²) >= 11 is 0. The second-order valence-electron chi connectivity index (χ2n) is 3.76. The largest absolute Gasteiger partial charge is 0.497 e. The Morgan fingerprint density at radius 3 is 2.42 bits per heavy atom. The van der Waals surface area contributed by atoms with Gasteiger partial charge in [-0.2, -0.15) is 0 Å². The van der Waals surface area contributed by atoms with Gasteiger partial charge in [0.05, 0.1) is 26.5 Å². The number of benzene rings is 1. The van der Waals surface area contributed by atoms with E-state index in [4.69, 9.17) is 14.6 Å². The number of aromatic nitrogens is 2. The van der Waals surface area contributed by atoms with Gasteiger partial charge in [-0.25, -0.2) is 9.97 Å². The van der Waals surface area contributed by atoms with Gasteiger partial charge in [0.25, 0.3) is 0 Å². The van der Waals surface area contributed by atoms with E-state index in [0.29, 0.717) is 23.1 Å². The third-order valence-electron chi connectivity index (χ3n) is 2.48. The Balaban J connectivity index is 2.26. The van der Waals surface area contributed by atoms with Crippen LogP contribution in [0.15, 0.2) is 30.5 Å². The van der Waals surface area contributed by atoms with E-state index >= 15 is 0 Å². The molecule has 0 unspecified atom stereocenters. The molecule has 0 atom stereocenters. The molecule has 0 radical (unpaired) electrons. The molecule has 19 heavy (non-hydrogen) atoms. The summed E-state index contributed by atoms with van der Waals surface area (Å²) in [6.07, 6.45) is 1.58. The Bertz CT molecular complexity index is 538. The molecule has 2 N–H and O–H groups in total. The molecule has 1 aromatic heterocycles. The number of aliphatic hydroxyl groups excluding tert-OH is 1. The lowest BCUT2D eigenvalue weighted by Crippen LogP contribution is -2.00. The molecule has 0 aliphatic carbocycles. The normalized spacial score (nSPS) is 10.1. The summed E-state index contributed by atoms with van der Waals surface area (Å²) in [5, 5.41) is 12.1. The van der Waals surface area contributed by atoms with Gasteiger partial charge in [-0.15, -0.1) is 0 Å². The lowest BCUT2D eigenvalue weighted by molar-refractivity contribution is 0.277. The van der Waals surface area contributed by atoms with Gasteiger partial charge in [0.1, 0.15) is 11.5 Å². The minimum atomic E-state index is -0.126.